The molecule has 2 fully saturated rings. The lowest BCUT2D eigenvalue weighted by Gasteiger charge is -2.26. The fourth-order valence-corrected chi connectivity index (χ4v) is 5.01. The van der Waals surface area contributed by atoms with Gasteiger partial charge in [-0.25, -0.2) is 4.39 Å². The fraction of sp³-hybridized carbons (Fsp3) is 0.630. The first-order valence-corrected chi connectivity index (χ1v) is 11.7. The lowest BCUT2D eigenvalue weighted by Crippen LogP contribution is -2.13. The van der Waals surface area contributed by atoms with Gasteiger partial charge in [-0.05, 0) is 92.9 Å². The molecule has 2 aliphatic carbocycles. The van der Waals surface area contributed by atoms with Gasteiger partial charge < -0.3 is 0 Å². The zero-order valence-electron chi connectivity index (χ0n) is 17.6. The molecule has 3 rings (SSSR count). The van der Waals surface area contributed by atoms with E-state index in [0.717, 1.165) is 11.8 Å². The molecule has 0 unspecified atom stereocenters. The predicted octanol–water partition coefficient (Wildman–Crippen LogP) is 8.05. The topological polar surface area (TPSA) is 0 Å². The van der Waals surface area contributed by atoms with E-state index in [1.165, 1.54) is 82.6 Å². The highest BCUT2D eigenvalue weighted by Gasteiger charge is 2.21. The van der Waals surface area contributed by atoms with Gasteiger partial charge in [-0.15, -0.1) is 0 Å². The van der Waals surface area contributed by atoms with Crippen molar-refractivity contribution in [2.75, 3.05) is 0 Å². The van der Waals surface area contributed by atoms with Gasteiger partial charge in [-0.3, -0.25) is 0 Å². The highest BCUT2D eigenvalue weighted by molar-refractivity contribution is 5.23. The highest BCUT2D eigenvalue weighted by atomic mass is 19.1. The second-order valence-corrected chi connectivity index (χ2v) is 9.02. The molecule has 2 saturated carbocycles. The maximum Gasteiger partial charge on any atom is 0.123 e. The van der Waals surface area contributed by atoms with Crippen molar-refractivity contribution in [3.8, 4) is 11.8 Å². The standard InChI is InChI=1S/C27H37F/c1-2-3-4-7-22-10-12-23(13-11-22)8-5-6-9-24-14-16-25(17-15-24)26-18-20-27(28)21-19-26/h5,8,18-25H,2-4,7,10-17H2,1H3/b8-5+/t22-,23-,24-,25-. The molecule has 0 bridgehead atoms. The molecule has 0 saturated heterocycles. The number of halogens is 1. The zero-order valence-corrected chi connectivity index (χ0v) is 17.6. The Morgan fingerprint density at radius 1 is 0.929 bits per heavy atom. The smallest absolute Gasteiger partial charge is 0.123 e. The summed E-state index contributed by atoms with van der Waals surface area (Å²) in [6, 6.07) is 7.08. The van der Waals surface area contributed by atoms with Crippen LogP contribution in [0.25, 0.3) is 0 Å². The monoisotopic (exact) mass is 380 g/mol. The molecule has 0 aromatic heterocycles. The molecule has 1 aromatic carbocycles. The van der Waals surface area contributed by atoms with Crippen molar-refractivity contribution in [1.82, 2.24) is 0 Å². The van der Waals surface area contributed by atoms with Crippen LogP contribution in [0.5, 0.6) is 0 Å². The predicted molar refractivity (Wildman–Crippen MR) is 118 cm³/mol. The molecule has 0 spiro atoms. The van der Waals surface area contributed by atoms with Crippen molar-refractivity contribution in [3.05, 3.63) is 47.8 Å². The Labute approximate surface area is 172 Å². The lowest BCUT2D eigenvalue weighted by atomic mass is 9.79. The largest absolute Gasteiger partial charge is 0.207 e. The molecule has 1 heteroatoms. The fourth-order valence-electron chi connectivity index (χ4n) is 5.01. The van der Waals surface area contributed by atoms with E-state index >= 15 is 0 Å². The summed E-state index contributed by atoms with van der Waals surface area (Å²) in [6.07, 6.45) is 20.4. The first-order valence-electron chi connectivity index (χ1n) is 11.7. The van der Waals surface area contributed by atoms with Crippen LogP contribution in [0.3, 0.4) is 0 Å². The summed E-state index contributed by atoms with van der Waals surface area (Å²) >= 11 is 0. The average Bonchev–Trinajstić information content (AvgIpc) is 2.73. The van der Waals surface area contributed by atoms with Crippen LogP contribution in [-0.4, -0.2) is 0 Å². The van der Waals surface area contributed by atoms with Gasteiger partial charge >= 0.3 is 0 Å². The Kier molecular flexibility index (Phi) is 8.66. The third kappa shape index (κ3) is 6.80. The van der Waals surface area contributed by atoms with Gasteiger partial charge in [0.05, 0.1) is 0 Å². The van der Waals surface area contributed by atoms with Crippen LogP contribution in [0.4, 0.5) is 4.39 Å². The van der Waals surface area contributed by atoms with Gasteiger partial charge in [0.2, 0.25) is 0 Å². The maximum atomic E-state index is 13.1. The first-order chi connectivity index (χ1) is 13.7. The van der Waals surface area contributed by atoms with E-state index in [2.05, 4.69) is 30.9 Å². The molecule has 0 N–H and O–H groups in total. The van der Waals surface area contributed by atoms with Gasteiger partial charge in [0.25, 0.3) is 0 Å². The van der Waals surface area contributed by atoms with Gasteiger partial charge in [0.1, 0.15) is 5.82 Å². The van der Waals surface area contributed by atoms with Crippen molar-refractivity contribution >= 4 is 0 Å². The molecule has 2 aliphatic rings. The van der Waals surface area contributed by atoms with Crippen LogP contribution in [0, 0.1) is 35.4 Å². The Morgan fingerprint density at radius 2 is 1.64 bits per heavy atom. The Balaban J connectivity index is 1.35. The summed E-state index contributed by atoms with van der Waals surface area (Å²) in [4.78, 5) is 0. The molecule has 0 nitrogen and oxygen atoms in total. The highest BCUT2D eigenvalue weighted by Crippen LogP contribution is 2.35. The molecule has 0 atom stereocenters. The third-order valence-electron chi connectivity index (χ3n) is 6.92. The third-order valence-corrected chi connectivity index (χ3v) is 6.92. The quantitative estimate of drug-likeness (QED) is 0.346. The van der Waals surface area contributed by atoms with Crippen LogP contribution in [0.15, 0.2) is 36.4 Å². The van der Waals surface area contributed by atoms with E-state index in [1.54, 1.807) is 12.1 Å². The number of benzene rings is 1. The number of hydrogen-bond donors (Lipinski definition) is 0. The molecule has 0 aliphatic heterocycles. The summed E-state index contributed by atoms with van der Waals surface area (Å²) < 4.78 is 13.1. The molecular formula is C27H37F. The number of hydrogen-bond acceptors (Lipinski definition) is 0. The summed E-state index contributed by atoms with van der Waals surface area (Å²) in [7, 11) is 0. The van der Waals surface area contributed by atoms with Crippen LogP contribution in [0.1, 0.15) is 95.5 Å². The lowest BCUT2D eigenvalue weighted by molar-refractivity contribution is 0.289. The summed E-state index contributed by atoms with van der Waals surface area (Å²) in [6.45, 7) is 2.29. The van der Waals surface area contributed by atoms with E-state index in [4.69, 9.17) is 0 Å². The normalized spacial score (nSPS) is 28.1. The molecule has 152 valence electrons. The Morgan fingerprint density at radius 3 is 2.32 bits per heavy atom. The number of allylic oxidation sites excluding steroid dienone is 2. The summed E-state index contributed by atoms with van der Waals surface area (Å²) in [5.74, 6) is 9.55. The first kappa shape index (κ1) is 21.2. The number of rotatable bonds is 6. The van der Waals surface area contributed by atoms with E-state index in [-0.39, 0.29) is 5.82 Å². The van der Waals surface area contributed by atoms with Gasteiger partial charge in [0, 0.05) is 5.92 Å². The van der Waals surface area contributed by atoms with Crippen molar-refractivity contribution < 1.29 is 4.39 Å². The average molecular weight is 381 g/mol. The molecule has 28 heavy (non-hydrogen) atoms. The molecule has 0 heterocycles. The van der Waals surface area contributed by atoms with Crippen LogP contribution < -0.4 is 0 Å². The Hall–Kier alpha value is -1.55. The second kappa shape index (κ2) is 11.5. The van der Waals surface area contributed by atoms with E-state index < -0.39 is 0 Å². The van der Waals surface area contributed by atoms with Crippen LogP contribution in [-0.2, 0) is 0 Å². The molecule has 0 radical (unpaired) electrons. The minimum Gasteiger partial charge on any atom is -0.207 e. The van der Waals surface area contributed by atoms with Crippen LogP contribution in [0.2, 0.25) is 0 Å². The van der Waals surface area contributed by atoms with E-state index in [9.17, 15) is 4.39 Å². The van der Waals surface area contributed by atoms with Gasteiger partial charge in [-0.1, -0.05) is 62.7 Å². The minimum atomic E-state index is -0.139. The maximum absolute atomic E-state index is 13.1. The SMILES string of the molecule is CCCCC[C@H]1CC[C@H](/C=C/C#C[C@H]2CC[C@H](c3ccc(F)cc3)CC2)CC1. The molecular weight excluding hydrogens is 343 g/mol. The van der Waals surface area contributed by atoms with Gasteiger partial charge in [-0.2, -0.15) is 0 Å². The Bertz CT molecular complexity index is 644. The summed E-state index contributed by atoms with van der Waals surface area (Å²) in [5, 5.41) is 0. The van der Waals surface area contributed by atoms with Crippen molar-refractivity contribution in [1.29, 1.82) is 0 Å². The van der Waals surface area contributed by atoms with E-state index in [1.807, 2.05) is 12.1 Å². The zero-order chi connectivity index (χ0) is 19.6. The van der Waals surface area contributed by atoms with Gasteiger partial charge in [0.15, 0.2) is 0 Å². The summed E-state index contributed by atoms with van der Waals surface area (Å²) in [5.41, 5.74) is 1.29. The van der Waals surface area contributed by atoms with Crippen molar-refractivity contribution in [3.63, 3.8) is 0 Å². The second-order valence-electron chi connectivity index (χ2n) is 9.02. The van der Waals surface area contributed by atoms with Crippen LogP contribution >= 0.6 is 0 Å². The molecule has 1 aromatic rings. The number of unbranched alkanes of at least 4 members (excludes halogenated alkanes) is 2. The van der Waals surface area contributed by atoms with Crippen molar-refractivity contribution in [2.45, 2.75) is 89.9 Å². The van der Waals surface area contributed by atoms with E-state index in [0.29, 0.717) is 11.8 Å². The minimum absolute atomic E-state index is 0.139. The molecule has 0 amide bonds. The van der Waals surface area contributed by atoms with Crippen molar-refractivity contribution in [2.24, 2.45) is 17.8 Å².